The van der Waals surface area contributed by atoms with Crippen LogP contribution < -0.4 is 5.32 Å². The molecular formula is C23H25F3N2O2. The summed E-state index contributed by atoms with van der Waals surface area (Å²) in [6, 6.07) is 14.5. The Morgan fingerprint density at radius 2 is 1.77 bits per heavy atom. The van der Waals surface area contributed by atoms with Crippen LogP contribution in [0.25, 0.3) is 0 Å². The van der Waals surface area contributed by atoms with Crippen molar-refractivity contribution in [2.24, 2.45) is 5.92 Å². The number of nitrogens with zero attached hydrogens (tertiary/aromatic N) is 1. The van der Waals surface area contributed by atoms with Crippen molar-refractivity contribution < 1.29 is 22.8 Å². The predicted octanol–water partition coefficient (Wildman–Crippen LogP) is 4.53. The lowest BCUT2D eigenvalue weighted by atomic mass is 9.93. The first-order valence-electron chi connectivity index (χ1n) is 9.91. The van der Waals surface area contributed by atoms with E-state index in [0.29, 0.717) is 18.5 Å². The average molecular weight is 418 g/mol. The summed E-state index contributed by atoms with van der Waals surface area (Å²) in [6.45, 7) is 2.18. The highest BCUT2D eigenvalue weighted by Gasteiger charge is 2.38. The van der Waals surface area contributed by atoms with E-state index in [2.05, 4.69) is 5.32 Å². The van der Waals surface area contributed by atoms with Crippen molar-refractivity contribution in [3.63, 3.8) is 0 Å². The molecular weight excluding hydrogens is 393 g/mol. The molecule has 0 radical (unpaired) electrons. The van der Waals surface area contributed by atoms with Crippen molar-refractivity contribution >= 4 is 11.8 Å². The van der Waals surface area contributed by atoms with Gasteiger partial charge in [0.1, 0.15) is 0 Å². The molecule has 1 saturated heterocycles. The molecule has 1 aliphatic heterocycles. The van der Waals surface area contributed by atoms with Crippen molar-refractivity contribution in [1.29, 1.82) is 0 Å². The fourth-order valence-electron chi connectivity index (χ4n) is 3.99. The highest BCUT2D eigenvalue weighted by Crippen LogP contribution is 2.36. The standard InChI is InChI=1S/C23H25F3N2O2/c1-15(16-8-10-19(11-9-16)23(24,25)26)12-20(29)27-14-18-13-21(30)28(2)22(18)17-6-4-3-5-7-17/h3-11,15,18,22H,12-14H2,1-2H3,(H,27,29)/t15-,18+,22-/m1/s1. The number of likely N-dealkylation sites (tertiary alicyclic amines) is 1. The first-order chi connectivity index (χ1) is 14.2. The van der Waals surface area contributed by atoms with Crippen molar-refractivity contribution in [2.45, 2.75) is 37.9 Å². The minimum absolute atomic E-state index is 0.0322. The first kappa shape index (κ1) is 21.9. The Hall–Kier alpha value is -2.83. The molecule has 7 heteroatoms. The molecule has 0 aromatic heterocycles. The third kappa shape index (κ3) is 5.01. The summed E-state index contributed by atoms with van der Waals surface area (Å²) in [6.07, 6.45) is -3.84. The van der Waals surface area contributed by atoms with E-state index in [9.17, 15) is 22.8 Å². The SMILES string of the molecule is C[C@H](CC(=O)NC[C@@H]1CC(=O)N(C)[C@@H]1c1ccccc1)c1ccc(C(F)(F)F)cc1. The van der Waals surface area contributed by atoms with Gasteiger partial charge in [0.2, 0.25) is 11.8 Å². The molecule has 4 nitrogen and oxygen atoms in total. The van der Waals surface area contributed by atoms with Crippen LogP contribution in [-0.2, 0) is 15.8 Å². The normalized spacial score (nSPS) is 20.3. The van der Waals surface area contributed by atoms with E-state index in [4.69, 9.17) is 0 Å². The topological polar surface area (TPSA) is 49.4 Å². The summed E-state index contributed by atoms with van der Waals surface area (Å²) < 4.78 is 38.1. The predicted molar refractivity (Wildman–Crippen MR) is 108 cm³/mol. The summed E-state index contributed by atoms with van der Waals surface area (Å²) >= 11 is 0. The summed E-state index contributed by atoms with van der Waals surface area (Å²) in [4.78, 5) is 26.4. The molecule has 2 amide bonds. The third-order valence-electron chi connectivity index (χ3n) is 5.70. The van der Waals surface area contributed by atoms with Gasteiger partial charge in [0.15, 0.2) is 0 Å². The number of rotatable bonds is 6. The molecule has 0 spiro atoms. The summed E-state index contributed by atoms with van der Waals surface area (Å²) in [7, 11) is 1.77. The Balaban J connectivity index is 1.57. The molecule has 0 bridgehead atoms. The van der Waals surface area contributed by atoms with Crippen LogP contribution in [0.15, 0.2) is 54.6 Å². The van der Waals surface area contributed by atoms with Crippen molar-refractivity contribution in [1.82, 2.24) is 10.2 Å². The Morgan fingerprint density at radius 3 is 2.37 bits per heavy atom. The van der Waals surface area contributed by atoms with Gasteiger partial charge in [-0.2, -0.15) is 13.2 Å². The quantitative estimate of drug-likeness (QED) is 0.749. The molecule has 160 valence electrons. The van der Waals surface area contributed by atoms with Crippen LogP contribution in [0.2, 0.25) is 0 Å². The lowest BCUT2D eigenvalue weighted by molar-refractivity contribution is -0.137. The zero-order valence-electron chi connectivity index (χ0n) is 16.9. The third-order valence-corrected chi connectivity index (χ3v) is 5.70. The molecule has 0 aliphatic carbocycles. The first-order valence-corrected chi connectivity index (χ1v) is 9.91. The zero-order valence-corrected chi connectivity index (χ0v) is 16.9. The fraction of sp³-hybridized carbons (Fsp3) is 0.391. The van der Waals surface area contributed by atoms with Gasteiger partial charge in [-0.1, -0.05) is 49.4 Å². The minimum atomic E-state index is -4.37. The lowest BCUT2D eigenvalue weighted by Crippen LogP contribution is -2.33. The number of halogens is 3. The minimum Gasteiger partial charge on any atom is -0.356 e. The summed E-state index contributed by atoms with van der Waals surface area (Å²) in [5.41, 5.74) is 1.00. The van der Waals surface area contributed by atoms with E-state index >= 15 is 0 Å². The number of nitrogens with one attached hydrogen (secondary N) is 1. The summed E-state index contributed by atoms with van der Waals surface area (Å²) in [5, 5.41) is 2.90. The number of amides is 2. The van der Waals surface area contributed by atoms with Crippen LogP contribution in [0.1, 0.15) is 48.4 Å². The van der Waals surface area contributed by atoms with Crippen molar-refractivity contribution in [2.75, 3.05) is 13.6 Å². The van der Waals surface area contributed by atoms with Gasteiger partial charge in [-0.3, -0.25) is 9.59 Å². The van der Waals surface area contributed by atoms with Crippen molar-refractivity contribution in [3.05, 3.63) is 71.3 Å². The lowest BCUT2D eigenvalue weighted by Gasteiger charge is -2.25. The maximum absolute atomic E-state index is 12.7. The second-order valence-corrected chi connectivity index (χ2v) is 7.85. The van der Waals surface area contributed by atoms with E-state index in [-0.39, 0.29) is 36.1 Å². The maximum Gasteiger partial charge on any atom is 0.416 e. The molecule has 1 aliphatic rings. The van der Waals surface area contributed by atoms with Crippen LogP contribution in [0.5, 0.6) is 0 Å². The molecule has 1 fully saturated rings. The van der Waals surface area contributed by atoms with Gasteiger partial charge in [0.25, 0.3) is 0 Å². The Morgan fingerprint density at radius 1 is 1.13 bits per heavy atom. The van der Waals surface area contributed by atoms with Gasteiger partial charge >= 0.3 is 6.18 Å². The summed E-state index contributed by atoms with van der Waals surface area (Å²) in [5.74, 6) is -0.391. The Bertz CT molecular complexity index is 882. The van der Waals surface area contributed by atoms with Gasteiger partial charge in [-0.25, -0.2) is 0 Å². The molecule has 1 N–H and O–H groups in total. The number of carbonyl (C=O) groups excluding carboxylic acids is 2. The van der Waals surface area contributed by atoms with Crippen molar-refractivity contribution in [3.8, 4) is 0 Å². The van der Waals surface area contributed by atoms with E-state index in [1.807, 2.05) is 37.3 Å². The largest absolute Gasteiger partial charge is 0.416 e. The second-order valence-electron chi connectivity index (χ2n) is 7.85. The van der Waals surface area contributed by atoms with Gasteiger partial charge in [-0.05, 0) is 29.2 Å². The fourth-order valence-corrected chi connectivity index (χ4v) is 3.99. The number of carbonyl (C=O) groups is 2. The van der Waals surface area contributed by atoms with E-state index in [1.54, 1.807) is 11.9 Å². The average Bonchev–Trinajstić information content (AvgIpc) is 3.00. The molecule has 3 atom stereocenters. The number of alkyl halides is 3. The maximum atomic E-state index is 12.7. The van der Waals surface area contributed by atoms with E-state index < -0.39 is 11.7 Å². The number of benzene rings is 2. The molecule has 30 heavy (non-hydrogen) atoms. The zero-order chi connectivity index (χ0) is 21.9. The number of hydrogen-bond donors (Lipinski definition) is 1. The highest BCUT2D eigenvalue weighted by molar-refractivity contribution is 5.80. The van der Waals surface area contributed by atoms with Crippen LogP contribution in [0, 0.1) is 5.92 Å². The van der Waals surface area contributed by atoms with Gasteiger partial charge in [0.05, 0.1) is 11.6 Å². The van der Waals surface area contributed by atoms with Gasteiger partial charge in [0, 0.05) is 32.4 Å². The molecule has 0 saturated carbocycles. The molecule has 2 aromatic carbocycles. The van der Waals surface area contributed by atoms with Crippen LogP contribution in [0.4, 0.5) is 13.2 Å². The van der Waals surface area contributed by atoms with Gasteiger partial charge < -0.3 is 10.2 Å². The monoisotopic (exact) mass is 418 g/mol. The molecule has 2 aromatic rings. The second kappa shape index (κ2) is 8.90. The highest BCUT2D eigenvalue weighted by atomic mass is 19.4. The van der Waals surface area contributed by atoms with Gasteiger partial charge in [-0.15, -0.1) is 0 Å². The van der Waals surface area contributed by atoms with Crippen LogP contribution in [-0.4, -0.2) is 30.3 Å². The van der Waals surface area contributed by atoms with Crippen LogP contribution in [0.3, 0.4) is 0 Å². The Labute approximate surface area is 174 Å². The van der Waals surface area contributed by atoms with E-state index in [0.717, 1.165) is 17.7 Å². The van der Waals surface area contributed by atoms with E-state index in [1.165, 1.54) is 12.1 Å². The van der Waals surface area contributed by atoms with Crippen LogP contribution >= 0.6 is 0 Å². The molecule has 3 rings (SSSR count). The Kier molecular flexibility index (Phi) is 6.48. The molecule has 0 unspecified atom stereocenters. The number of hydrogen-bond acceptors (Lipinski definition) is 2. The molecule has 1 heterocycles. The smallest absolute Gasteiger partial charge is 0.356 e.